The van der Waals surface area contributed by atoms with E-state index < -0.39 is 17.7 Å². The zero-order valence-electron chi connectivity index (χ0n) is 20.2. The molecule has 12 heteroatoms. The maximum atomic E-state index is 14.4. The highest BCUT2D eigenvalue weighted by Crippen LogP contribution is 2.33. The number of aromatic carboxylic acids is 1. The Labute approximate surface area is 221 Å². The summed E-state index contributed by atoms with van der Waals surface area (Å²) in [5, 5.41) is 30.7. The molecule has 0 aliphatic heterocycles. The lowest BCUT2D eigenvalue weighted by atomic mass is 9.94. The predicted octanol–water partition coefficient (Wildman–Crippen LogP) is 3.06. The van der Waals surface area contributed by atoms with Crippen LogP contribution in [-0.4, -0.2) is 38.8 Å². The summed E-state index contributed by atoms with van der Waals surface area (Å²) in [6.07, 6.45) is 2.36. The Morgan fingerprint density at radius 1 is 1.18 bits per heavy atom. The normalized spacial score (nSPS) is 13.7. The zero-order valence-corrected chi connectivity index (χ0v) is 20.9. The molecule has 3 aromatic rings. The van der Waals surface area contributed by atoms with E-state index in [1.165, 1.54) is 36.4 Å². The van der Waals surface area contributed by atoms with Crippen molar-refractivity contribution in [2.24, 2.45) is 10.7 Å². The van der Waals surface area contributed by atoms with Crippen LogP contribution in [0.4, 0.5) is 10.1 Å². The summed E-state index contributed by atoms with van der Waals surface area (Å²) in [7, 11) is 0. The molecule has 1 heterocycles. The third-order valence-corrected chi connectivity index (χ3v) is 6.60. The Morgan fingerprint density at radius 2 is 1.92 bits per heavy atom. The Kier molecular flexibility index (Phi) is 7.67. The molecular weight excluding hydrogens is 515 g/mol. The van der Waals surface area contributed by atoms with Crippen molar-refractivity contribution in [3.8, 4) is 11.1 Å². The van der Waals surface area contributed by atoms with Crippen molar-refractivity contribution in [1.29, 1.82) is 5.41 Å². The van der Waals surface area contributed by atoms with E-state index >= 15 is 0 Å². The van der Waals surface area contributed by atoms with Crippen molar-refractivity contribution in [3.05, 3.63) is 81.2 Å². The second-order valence-corrected chi connectivity index (χ2v) is 9.43. The number of carboxylic acids is 1. The first-order chi connectivity index (χ1) is 18.0. The van der Waals surface area contributed by atoms with Crippen LogP contribution in [-0.2, 0) is 17.8 Å². The van der Waals surface area contributed by atoms with E-state index in [0.29, 0.717) is 5.56 Å². The molecule has 1 amide bonds. The number of nitrogens with two attached hydrogens (primary N) is 2. The summed E-state index contributed by atoms with van der Waals surface area (Å²) in [5.74, 6) is -2.69. The van der Waals surface area contributed by atoms with Gasteiger partial charge in [0, 0.05) is 35.0 Å². The molecule has 1 saturated carbocycles. The first-order valence-electron chi connectivity index (χ1n) is 11.7. The number of anilines is 1. The van der Waals surface area contributed by atoms with Gasteiger partial charge in [0.2, 0.25) is 5.91 Å². The number of carbonyl (C=O) groups excluding carboxylic acids is 1. The molecule has 0 bridgehead atoms. The van der Waals surface area contributed by atoms with Gasteiger partial charge in [-0.05, 0) is 49.1 Å². The van der Waals surface area contributed by atoms with Gasteiger partial charge in [0.1, 0.15) is 11.7 Å². The molecule has 1 fully saturated rings. The molecule has 10 nitrogen and oxygen atoms in total. The molecule has 0 radical (unpaired) electrons. The number of amides is 1. The van der Waals surface area contributed by atoms with Crippen LogP contribution in [0.25, 0.3) is 11.1 Å². The summed E-state index contributed by atoms with van der Waals surface area (Å²) >= 11 is 6.61. The van der Waals surface area contributed by atoms with Crippen molar-refractivity contribution in [2.75, 3.05) is 5.73 Å². The number of nitrogen functional groups attached to an aromatic ring is 2. The minimum atomic E-state index is -1.21. The molecule has 1 aliphatic carbocycles. The fourth-order valence-corrected chi connectivity index (χ4v) is 4.39. The first kappa shape index (κ1) is 26.7. The van der Waals surface area contributed by atoms with Crippen LogP contribution in [0.15, 0.2) is 47.5 Å². The number of hydrogen-bond acceptors (Lipinski definition) is 6. The minimum Gasteiger partial charge on any atom is -0.478 e. The molecule has 2 aromatic carbocycles. The van der Waals surface area contributed by atoms with Crippen molar-refractivity contribution >= 4 is 35.0 Å². The fourth-order valence-electron chi connectivity index (χ4n) is 4.08. The van der Waals surface area contributed by atoms with Crippen LogP contribution >= 0.6 is 11.6 Å². The minimum absolute atomic E-state index is 0.0175. The molecule has 1 aliphatic rings. The van der Waals surface area contributed by atoms with Gasteiger partial charge in [-0.25, -0.2) is 9.18 Å². The summed E-state index contributed by atoms with van der Waals surface area (Å²) in [4.78, 5) is 29.1. The van der Waals surface area contributed by atoms with Crippen molar-refractivity contribution in [1.82, 2.24) is 10.0 Å². The summed E-state index contributed by atoms with van der Waals surface area (Å²) in [6, 6.07) is 9.58. The van der Waals surface area contributed by atoms with E-state index in [0.717, 1.165) is 30.1 Å². The van der Waals surface area contributed by atoms with Gasteiger partial charge in [-0.15, -0.1) is 0 Å². The molecule has 4 rings (SSSR count). The van der Waals surface area contributed by atoms with E-state index in [-0.39, 0.29) is 69.0 Å². The van der Waals surface area contributed by atoms with Crippen LogP contribution in [0.3, 0.4) is 0 Å². The standard InChI is InChI=1S/C26H26ClFN6O4/c27-19-10-22(33-18-2-1-3-18)34(38)21(24(19)15-6-16(26(36)37)8-17(29)7-15)11-23(35)32-12-14-5-4-13(25(30)31)9-20(14)28/h4-10,18,38H,1-3,11-12,29H2,(H3,30,31)(H,32,35)(H,36,37). The van der Waals surface area contributed by atoms with Crippen molar-refractivity contribution in [2.45, 2.75) is 38.3 Å². The lowest BCUT2D eigenvalue weighted by Gasteiger charge is -2.22. The Bertz CT molecular complexity index is 1520. The third-order valence-electron chi connectivity index (χ3n) is 6.30. The van der Waals surface area contributed by atoms with Gasteiger partial charge in [-0.1, -0.05) is 23.7 Å². The highest BCUT2D eigenvalue weighted by atomic mass is 35.5. The number of hydrogen-bond donors (Lipinski definition) is 6. The summed E-state index contributed by atoms with van der Waals surface area (Å²) < 4.78 is 15.2. The van der Waals surface area contributed by atoms with Gasteiger partial charge in [0.05, 0.1) is 28.7 Å². The molecule has 8 N–H and O–H groups in total. The van der Waals surface area contributed by atoms with Crippen LogP contribution < -0.4 is 22.3 Å². The molecule has 1 aromatic heterocycles. The van der Waals surface area contributed by atoms with Gasteiger partial charge in [-0.3, -0.25) is 15.2 Å². The second-order valence-electron chi connectivity index (χ2n) is 9.02. The zero-order chi connectivity index (χ0) is 27.6. The average molecular weight is 541 g/mol. The van der Waals surface area contributed by atoms with E-state index in [4.69, 9.17) is 28.5 Å². The van der Waals surface area contributed by atoms with E-state index in [2.05, 4.69) is 10.3 Å². The van der Waals surface area contributed by atoms with Gasteiger partial charge < -0.3 is 27.1 Å². The summed E-state index contributed by atoms with van der Waals surface area (Å²) in [5.41, 5.74) is 12.5. The molecule has 0 saturated heterocycles. The van der Waals surface area contributed by atoms with Crippen molar-refractivity contribution in [3.63, 3.8) is 0 Å². The van der Waals surface area contributed by atoms with E-state index in [9.17, 15) is 24.3 Å². The molecule has 198 valence electrons. The number of carboxylic acid groups (broad SMARTS) is 1. The van der Waals surface area contributed by atoms with E-state index in [1.54, 1.807) is 0 Å². The number of rotatable bonds is 8. The maximum absolute atomic E-state index is 14.4. The Morgan fingerprint density at radius 3 is 2.53 bits per heavy atom. The lowest BCUT2D eigenvalue weighted by molar-refractivity contribution is -0.120. The maximum Gasteiger partial charge on any atom is 0.335 e. The predicted molar refractivity (Wildman–Crippen MR) is 140 cm³/mol. The number of nitrogens with zero attached hydrogens (tertiary/aromatic N) is 2. The van der Waals surface area contributed by atoms with Crippen molar-refractivity contribution < 1.29 is 24.3 Å². The van der Waals surface area contributed by atoms with Crippen LogP contribution in [0, 0.1) is 11.2 Å². The number of pyridine rings is 1. The van der Waals surface area contributed by atoms with Gasteiger partial charge >= 0.3 is 5.97 Å². The SMILES string of the molecule is N=C(N)c1ccc(CNC(=O)Cc2c(-c3cc(N)cc(C(=O)O)c3)c(Cl)cc(=NC3CCC3)n2O)c(F)c1. The van der Waals surface area contributed by atoms with Crippen LogP contribution in [0.5, 0.6) is 0 Å². The Hall–Kier alpha value is -4.38. The number of benzene rings is 2. The molecule has 0 spiro atoms. The third kappa shape index (κ3) is 5.78. The topological polar surface area (TPSA) is 180 Å². The quantitative estimate of drug-likeness (QED) is 0.110. The van der Waals surface area contributed by atoms with Gasteiger partial charge in [0.25, 0.3) is 0 Å². The molecule has 0 unspecified atom stereocenters. The van der Waals surface area contributed by atoms with E-state index in [1.807, 2.05) is 0 Å². The van der Waals surface area contributed by atoms with Crippen LogP contribution in [0.1, 0.15) is 46.4 Å². The summed E-state index contributed by atoms with van der Waals surface area (Å²) in [6.45, 7) is -0.162. The molecule has 0 atom stereocenters. The number of halogens is 2. The smallest absolute Gasteiger partial charge is 0.335 e. The fraction of sp³-hybridized carbons (Fsp3) is 0.231. The van der Waals surface area contributed by atoms with Gasteiger partial charge in [0.15, 0.2) is 5.49 Å². The monoisotopic (exact) mass is 540 g/mol. The lowest BCUT2D eigenvalue weighted by Crippen LogP contribution is -2.31. The van der Waals surface area contributed by atoms with Gasteiger partial charge in [-0.2, -0.15) is 4.73 Å². The first-order valence-corrected chi connectivity index (χ1v) is 12.1. The average Bonchev–Trinajstić information content (AvgIpc) is 2.82. The molecular formula is C26H26ClFN6O4. The number of amidine groups is 1. The second kappa shape index (κ2) is 10.9. The highest BCUT2D eigenvalue weighted by molar-refractivity contribution is 6.33. The highest BCUT2D eigenvalue weighted by Gasteiger charge is 2.22. The largest absolute Gasteiger partial charge is 0.478 e. The van der Waals surface area contributed by atoms with Crippen LogP contribution in [0.2, 0.25) is 5.02 Å². The number of aromatic nitrogens is 1. The number of nitrogens with one attached hydrogen (secondary N) is 2. The molecule has 38 heavy (non-hydrogen) atoms. The number of carbonyl (C=O) groups is 2. The Balaban J connectivity index is 1.71.